The Kier molecular flexibility index (Phi) is 4.52. The Morgan fingerprint density at radius 2 is 1.63 bits per heavy atom. The summed E-state index contributed by atoms with van der Waals surface area (Å²) in [6, 6.07) is 12.9. The molecule has 1 aliphatic rings. The minimum absolute atomic E-state index is 0.236. The number of nitrogens with zero attached hydrogens (tertiary/aromatic N) is 2. The molecular formula is C19H18N4O4. The highest BCUT2D eigenvalue weighted by atomic mass is 16.7. The fraction of sp³-hybridized carbons (Fsp3) is 0.158. The fourth-order valence-corrected chi connectivity index (χ4v) is 2.65. The normalized spacial score (nSPS) is 11.8. The Balaban J connectivity index is 1.51. The van der Waals surface area contributed by atoms with Gasteiger partial charge in [0, 0.05) is 29.7 Å². The maximum atomic E-state index is 5.38. The van der Waals surface area contributed by atoms with Crippen LogP contribution in [-0.2, 0) is 0 Å². The van der Waals surface area contributed by atoms with Crippen LogP contribution < -0.4 is 29.6 Å². The van der Waals surface area contributed by atoms with Crippen LogP contribution in [0.1, 0.15) is 0 Å². The molecule has 0 aliphatic carbocycles. The Hall–Kier alpha value is -3.68. The van der Waals surface area contributed by atoms with Crippen molar-refractivity contribution >= 4 is 23.1 Å². The lowest BCUT2D eigenvalue weighted by Crippen LogP contribution is -2.01. The summed E-state index contributed by atoms with van der Waals surface area (Å²) in [5, 5.41) is 6.38. The van der Waals surface area contributed by atoms with Crippen LogP contribution in [0.3, 0.4) is 0 Å². The number of ether oxygens (including phenoxy) is 4. The molecule has 0 saturated carbocycles. The van der Waals surface area contributed by atoms with Crippen molar-refractivity contribution in [2.45, 2.75) is 0 Å². The van der Waals surface area contributed by atoms with E-state index in [0.717, 1.165) is 17.1 Å². The minimum atomic E-state index is 0.236. The van der Waals surface area contributed by atoms with Gasteiger partial charge in [0.15, 0.2) is 23.0 Å². The van der Waals surface area contributed by atoms with Crippen LogP contribution in [0, 0.1) is 0 Å². The molecule has 0 radical (unpaired) electrons. The highest BCUT2D eigenvalue weighted by Gasteiger charge is 2.13. The number of nitrogens with one attached hydrogen (secondary N) is 2. The molecule has 4 rings (SSSR count). The average Bonchev–Trinajstić information content (AvgIpc) is 3.16. The molecule has 0 spiro atoms. The van der Waals surface area contributed by atoms with Gasteiger partial charge in [0.25, 0.3) is 0 Å². The molecule has 8 nitrogen and oxygen atoms in total. The number of aromatic nitrogens is 2. The van der Waals surface area contributed by atoms with Gasteiger partial charge in [0.1, 0.15) is 5.82 Å². The zero-order valence-electron chi connectivity index (χ0n) is 14.9. The molecule has 2 heterocycles. The molecule has 3 aromatic rings. The van der Waals surface area contributed by atoms with Gasteiger partial charge in [0.2, 0.25) is 12.7 Å². The van der Waals surface area contributed by atoms with E-state index in [1.165, 1.54) is 0 Å². The summed E-state index contributed by atoms with van der Waals surface area (Å²) in [6.45, 7) is 0.236. The van der Waals surface area contributed by atoms with Gasteiger partial charge in [-0.25, -0.2) is 4.98 Å². The number of fused-ring (bicyclic) bond motifs is 1. The number of anilines is 4. The van der Waals surface area contributed by atoms with Crippen molar-refractivity contribution < 1.29 is 18.9 Å². The van der Waals surface area contributed by atoms with Crippen LogP contribution in [0.2, 0.25) is 0 Å². The second-order valence-electron chi connectivity index (χ2n) is 5.65. The first-order valence-corrected chi connectivity index (χ1v) is 8.24. The van der Waals surface area contributed by atoms with E-state index in [4.69, 9.17) is 18.9 Å². The highest BCUT2D eigenvalue weighted by Crippen LogP contribution is 2.35. The molecule has 0 saturated heterocycles. The minimum Gasteiger partial charge on any atom is -0.493 e. The first-order valence-electron chi connectivity index (χ1n) is 8.24. The van der Waals surface area contributed by atoms with E-state index in [-0.39, 0.29) is 6.79 Å². The largest absolute Gasteiger partial charge is 0.493 e. The van der Waals surface area contributed by atoms with E-state index >= 15 is 0 Å². The molecule has 138 valence electrons. The second-order valence-corrected chi connectivity index (χ2v) is 5.65. The van der Waals surface area contributed by atoms with Gasteiger partial charge >= 0.3 is 0 Å². The van der Waals surface area contributed by atoms with Crippen molar-refractivity contribution in [1.29, 1.82) is 0 Å². The van der Waals surface area contributed by atoms with Gasteiger partial charge in [-0.3, -0.25) is 0 Å². The molecule has 0 unspecified atom stereocenters. The SMILES string of the molecule is COc1ccc(Nc2ccnc(Nc3ccc4c(c3)OCO4)n2)cc1OC. The third-order valence-electron chi connectivity index (χ3n) is 3.94. The zero-order valence-corrected chi connectivity index (χ0v) is 14.9. The topological polar surface area (TPSA) is 86.8 Å². The van der Waals surface area contributed by atoms with E-state index < -0.39 is 0 Å². The summed E-state index contributed by atoms with van der Waals surface area (Å²) >= 11 is 0. The fourth-order valence-electron chi connectivity index (χ4n) is 2.65. The zero-order chi connectivity index (χ0) is 18.6. The summed E-state index contributed by atoms with van der Waals surface area (Å²) in [6.07, 6.45) is 1.67. The maximum absolute atomic E-state index is 5.38. The van der Waals surface area contributed by atoms with Gasteiger partial charge in [-0.2, -0.15) is 4.98 Å². The van der Waals surface area contributed by atoms with Crippen LogP contribution in [0.5, 0.6) is 23.0 Å². The highest BCUT2D eigenvalue weighted by molar-refractivity contribution is 5.64. The van der Waals surface area contributed by atoms with Crippen LogP contribution in [0.4, 0.5) is 23.1 Å². The maximum Gasteiger partial charge on any atom is 0.231 e. The molecule has 0 amide bonds. The summed E-state index contributed by atoms with van der Waals surface area (Å²) in [7, 11) is 3.20. The molecule has 2 N–H and O–H groups in total. The number of hydrogen-bond acceptors (Lipinski definition) is 8. The smallest absolute Gasteiger partial charge is 0.231 e. The van der Waals surface area contributed by atoms with Crippen LogP contribution in [0.25, 0.3) is 0 Å². The number of hydrogen-bond donors (Lipinski definition) is 2. The van der Waals surface area contributed by atoms with E-state index in [1.54, 1.807) is 26.5 Å². The summed E-state index contributed by atoms with van der Waals surface area (Å²) < 4.78 is 21.3. The molecule has 0 fully saturated rings. The molecule has 1 aromatic heterocycles. The first-order chi connectivity index (χ1) is 13.2. The molecule has 1 aliphatic heterocycles. The third kappa shape index (κ3) is 3.64. The summed E-state index contributed by atoms with van der Waals surface area (Å²) in [5.41, 5.74) is 1.63. The van der Waals surface area contributed by atoms with Crippen molar-refractivity contribution in [2.24, 2.45) is 0 Å². The van der Waals surface area contributed by atoms with E-state index in [0.29, 0.717) is 29.0 Å². The Labute approximate surface area is 156 Å². The van der Waals surface area contributed by atoms with Crippen molar-refractivity contribution in [1.82, 2.24) is 9.97 Å². The van der Waals surface area contributed by atoms with Crippen molar-refractivity contribution in [3.8, 4) is 23.0 Å². The predicted molar refractivity (Wildman–Crippen MR) is 101 cm³/mol. The monoisotopic (exact) mass is 366 g/mol. The number of rotatable bonds is 6. The van der Waals surface area contributed by atoms with E-state index in [1.807, 2.05) is 36.4 Å². The lowest BCUT2D eigenvalue weighted by atomic mass is 10.2. The standard InChI is InChI=1S/C19H18N4O4/c1-24-14-5-3-12(9-16(14)25-2)21-18-7-8-20-19(23-18)22-13-4-6-15-17(10-13)27-11-26-15/h3-10H,11H2,1-2H3,(H2,20,21,22,23). The van der Waals surface area contributed by atoms with Gasteiger partial charge in [-0.1, -0.05) is 0 Å². The van der Waals surface area contributed by atoms with Crippen molar-refractivity contribution in [3.05, 3.63) is 48.7 Å². The first kappa shape index (κ1) is 16.8. The van der Waals surface area contributed by atoms with E-state index in [2.05, 4.69) is 20.6 Å². The molecule has 0 atom stereocenters. The lowest BCUT2D eigenvalue weighted by molar-refractivity contribution is 0.174. The predicted octanol–water partition coefficient (Wildman–Crippen LogP) is 3.71. The molecule has 27 heavy (non-hydrogen) atoms. The van der Waals surface area contributed by atoms with E-state index in [9.17, 15) is 0 Å². The average molecular weight is 366 g/mol. The Morgan fingerprint density at radius 1 is 0.852 bits per heavy atom. The lowest BCUT2D eigenvalue weighted by Gasteiger charge is -2.11. The summed E-state index contributed by atoms with van der Waals surface area (Å²) in [4.78, 5) is 8.73. The summed E-state index contributed by atoms with van der Waals surface area (Å²) in [5.74, 6) is 3.82. The number of methoxy groups -OCH3 is 2. The molecule has 0 bridgehead atoms. The quantitative estimate of drug-likeness (QED) is 0.683. The Morgan fingerprint density at radius 3 is 2.48 bits per heavy atom. The Bertz CT molecular complexity index is 964. The van der Waals surface area contributed by atoms with Crippen LogP contribution >= 0.6 is 0 Å². The second kappa shape index (κ2) is 7.28. The van der Waals surface area contributed by atoms with Crippen LogP contribution in [0.15, 0.2) is 48.7 Å². The van der Waals surface area contributed by atoms with Crippen LogP contribution in [-0.4, -0.2) is 31.0 Å². The van der Waals surface area contributed by atoms with Gasteiger partial charge < -0.3 is 29.6 Å². The number of benzene rings is 2. The van der Waals surface area contributed by atoms with Gasteiger partial charge in [-0.15, -0.1) is 0 Å². The molecular weight excluding hydrogens is 348 g/mol. The van der Waals surface area contributed by atoms with Crippen molar-refractivity contribution in [3.63, 3.8) is 0 Å². The van der Waals surface area contributed by atoms with Crippen molar-refractivity contribution in [2.75, 3.05) is 31.6 Å². The molecule has 2 aromatic carbocycles. The third-order valence-corrected chi connectivity index (χ3v) is 3.94. The van der Waals surface area contributed by atoms with Gasteiger partial charge in [-0.05, 0) is 30.3 Å². The molecule has 8 heteroatoms. The van der Waals surface area contributed by atoms with Gasteiger partial charge in [0.05, 0.1) is 14.2 Å².